The quantitative estimate of drug-likeness (QED) is 0.774. The molecule has 162 valence electrons. The average molecular weight is 413 g/mol. The number of hydrogen-bond acceptors (Lipinski definition) is 4. The van der Waals surface area contributed by atoms with Crippen molar-refractivity contribution in [3.05, 3.63) is 29.3 Å². The van der Waals surface area contributed by atoms with Crippen LogP contribution in [0.1, 0.15) is 43.7 Å². The highest BCUT2D eigenvalue weighted by Gasteiger charge is 2.55. The molecule has 1 aromatic rings. The van der Waals surface area contributed by atoms with E-state index in [0.717, 1.165) is 37.3 Å². The number of imide groups is 1. The lowest BCUT2D eigenvalue weighted by atomic mass is 9.73. The van der Waals surface area contributed by atoms with Crippen LogP contribution in [0.5, 0.6) is 0 Å². The normalized spacial score (nSPS) is 27.0. The van der Waals surface area contributed by atoms with Gasteiger partial charge in [0.05, 0.1) is 0 Å². The summed E-state index contributed by atoms with van der Waals surface area (Å²) >= 11 is 0. The Morgan fingerprint density at radius 3 is 2.57 bits per heavy atom. The van der Waals surface area contributed by atoms with Crippen LogP contribution < -0.4 is 10.2 Å². The molecule has 1 saturated carbocycles. The van der Waals surface area contributed by atoms with E-state index in [0.29, 0.717) is 19.5 Å². The molecule has 7 nitrogen and oxygen atoms in total. The molecular formula is C23H32N4O3. The first-order valence-electron chi connectivity index (χ1n) is 11.1. The number of benzene rings is 1. The van der Waals surface area contributed by atoms with Crippen molar-refractivity contribution in [2.45, 2.75) is 52.0 Å². The summed E-state index contributed by atoms with van der Waals surface area (Å²) < 4.78 is 0. The number of anilines is 1. The molecule has 0 bridgehead atoms. The zero-order chi connectivity index (χ0) is 21.5. The van der Waals surface area contributed by atoms with Gasteiger partial charge in [-0.25, -0.2) is 4.79 Å². The lowest BCUT2D eigenvalue weighted by molar-refractivity contribution is -0.140. The molecule has 3 aliphatic rings. The van der Waals surface area contributed by atoms with E-state index in [1.165, 1.54) is 16.8 Å². The van der Waals surface area contributed by atoms with E-state index in [9.17, 15) is 14.4 Å². The zero-order valence-electron chi connectivity index (χ0n) is 18.2. The van der Waals surface area contributed by atoms with Crippen molar-refractivity contribution in [2.75, 3.05) is 37.6 Å². The molecule has 3 fully saturated rings. The predicted octanol–water partition coefficient (Wildman–Crippen LogP) is 2.45. The maximum atomic E-state index is 13.1. The molecule has 2 heterocycles. The Kier molecular flexibility index (Phi) is 5.47. The van der Waals surface area contributed by atoms with Gasteiger partial charge in [0.1, 0.15) is 12.1 Å². The van der Waals surface area contributed by atoms with Gasteiger partial charge in [-0.1, -0.05) is 31.9 Å². The third-order valence-electron chi connectivity index (χ3n) is 7.34. The van der Waals surface area contributed by atoms with E-state index in [-0.39, 0.29) is 24.3 Å². The summed E-state index contributed by atoms with van der Waals surface area (Å²) in [5, 5.41) is 2.93. The van der Waals surface area contributed by atoms with Crippen LogP contribution in [0.3, 0.4) is 0 Å². The fourth-order valence-corrected chi connectivity index (χ4v) is 5.15. The second-order valence-electron chi connectivity index (χ2n) is 9.03. The number of carbonyl (C=O) groups is 3. The van der Waals surface area contributed by atoms with E-state index in [4.69, 9.17) is 0 Å². The zero-order valence-corrected chi connectivity index (χ0v) is 18.2. The molecule has 2 saturated heterocycles. The number of nitrogens with zero attached hydrogens (tertiary/aromatic N) is 3. The Hall–Kier alpha value is -2.57. The number of nitrogens with one attached hydrogen (secondary N) is 1. The molecule has 0 unspecified atom stereocenters. The molecule has 0 aromatic heterocycles. The third kappa shape index (κ3) is 3.44. The predicted molar refractivity (Wildman–Crippen MR) is 115 cm³/mol. The minimum Gasteiger partial charge on any atom is -0.368 e. The number of carbonyl (C=O) groups excluding carboxylic acids is 3. The summed E-state index contributed by atoms with van der Waals surface area (Å²) in [6.45, 7) is 8.78. The Morgan fingerprint density at radius 2 is 1.87 bits per heavy atom. The van der Waals surface area contributed by atoms with Crippen LogP contribution in [-0.4, -0.2) is 65.9 Å². The van der Waals surface area contributed by atoms with Crippen molar-refractivity contribution in [3.8, 4) is 0 Å². The molecule has 4 rings (SSSR count). The fourth-order valence-electron chi connectivity index (χ4n) is 5.15. The average Bonchev–Trinajstić information content (AvgIpc) is 2.97. The highest BCUT2D eigenvalue weighted by atomic mass is 16.2. The van der Waals surface area contributed by atoms with E-state index in [1.807, 2.05) is 6.92 Å². The van der Waals surface area contributed by atoms with Gasteiger partial charge < -0.3 is 15.1 Å². The molecular weight excluding hydrogens is 380 g/mol. The lowest BCUT2D eigenvalue weighted by Gasteiger charge is -2.38. The molecule has 0 radical (unpaired) electrons. The van der Waals surface area contributed by atoms with E-state index in [2.05, 4.69) is 42.3 Å². The molecule has 2 aliphatic heterocycles. The van der Waals surface area contributed by atoms with Crippen LogP contribution >= 0.6 is 0 Å². The highest BCUT2D eigenvalue weighted by molar-refractivity contribution is 6.09. The van der Waals surface area contributed by atoms with Crippen LogP contribution in [0, 0.1) is 19.8 Å². The first kappa shape index (κ1) is 20.7. The monoisotopic (exact) mass is 412 g/mol. The van der Waals surface area contributed by atoms with Gasteiger partial charge in [-0.2, -0.15) is 0 Å². The third-order valence-corrected chi connectivity index (χ3v) is 7.34. The van der Waals surface area contributed by atoms with Crippen molar-refractivity contribution < 1.29 is 14.4 Å². The van der Waals surface area contributed by atoms with Gasteiger partial charge in [0.2, 0.25) is 5.91 Å². The summed E-state index contributed by atoms with van der Waals surface area (Å²) in [7, 11) is 0. The van der Waals surface area contributed by atoms with E-state index in [1.54, 1.807) is 4.90 Å². The van der Waals surface area contributed by atoms with Crippen LogP contribution in [-0.2, 0) is 9.59 Å². The van der Waals surface area contributed by atoms with Gasteiger partial charge in [-0.3, -0.25) is 14.5 Å². The van der Waals surface area contributed by atoms with Gasteiger partial charge >= 0.3 is 6.03 Å². The Bertz CT molecular complexity index is 862. The van der Waals surface area contributed by atoms with Gasteiger partial charge in [0, 0.05) is 31.9 Å². The van der Waals surface area contributed by atoms with Crippen LogP contribution in [0.2, 0.25) is 0 Å². The second-order valence-corrected chi connectivity index (χ2v) is 9.03. The minimum absolute atomic E-state index is 0.101. The Labute approximate surface area is 178 Å². The molecule has 1 aliphatic carbocycles. The van der Waals surface area contributed by atoms with Crippen molar-refractivity contribution in [1.82, 2.24) is 15.1 Å². The van der Waals surface area contributed by atoms with Crippen molar-refractivity contribution in [1.29, 1.82) is 0 Å². The first-order valence-corrected chi connectivity index (χ1v) is 11.1. The maximum absolute atomic E-state index is 13.1. The molecule has 2 atom stereocenters. The summed E-state index contributed by atoms with van der Waals surface area (Å²) in [6, 6.07) is 5.87. The summed E-state index contributed by atoms with van der Waals surface area (Å²) in [5.74, 6) is -0.273. The van der Waals surface area contributed by atoms with Crippen LogP contribution in [0.4, 0.5) is 10.5 Å². The minimum atomic E-state index is -0.809. The molecule has 4 amide bonds. The molecule has 30 heavy (non-hydrogen) atoms. The van der Waals surface area contributed by atoms with Crippen LogP contribution in [0.15, 0.2) is 18.2 Å². The summed E-state index contributed by atoms with van der Waals surface area (Å²) in [4.78, 5) is 43.8. The maximum Gasteiger partial charge on any atom is 0.325 e. The van der Waals surface area contributed by atoms with Gasteiger partial charge in [0.15, 0.2) is 0 Å². The standard InChI is InChI=1S/C23H32N4O3/c1-16-7-6-9-19(18(16)3)25-11-13-26(14-12-25)20(28)15-27-21(29)23(24-22(27)30)10-5-4-8-17(23)2/h6-7,9,17H,4-5,8,10-15H2,1-3H3,(H,24,30)/t17-,23-/m1/s1. The molecule has 1 aromatic carbocycles. The summed E-state index contributed by atoms with van der Waals surface area (Å²) in [5.41, 5.74) is 2.93. The number of piperazine rings is 1. The number of aryl methyl sites for hydroxylation is 1. The molecule has 1 N–H and O–H groups in total. The number of amides is 4. The topological polar surface area (TPSA) is 73.0 Å². The number of hydrogen-bond donors (Lipinski definition) is 1. The van der Waals surface area contributed by atoms with Gasteiger partial charge in [-0.05, 0) is 49.8 Å². The Balaban J connectivity index is 1.38. The summed E-state index contributed by atoms with van der Waals surface area (Å²) in [6.07, 6.45) is 3.60. The Morgan fingerprint density at radius 1 is 1.13 bits per heavy atom. The van der Waals surface area contributed by atoms with Gasteiger partial charge in [-0.15, -0.1) is 0 Å². The smallest absolute Gasteiger partial charge is 0.325 e. The van der Waals surface area contributed by atoms with Crippen molar-refractivity contribution in [2.24, 2.45) is 5.92 Å². The van der Waals surface area contributed by atoms with E-state index < -0.39 is 11.6 Å². The number of urea groups is 1. The molecule has 7 heteroatoms. The number of rotatable bonds is 3. The van der Waals surface area contributed by atoms with Gasteiger partial charge in [0.25, 0.3) is 5.91 Å². The molecule has 1 spiro atoms. The highest BCUT2D eigenvalue weighted by Crippen LogP contribution is 2.38. The lowest BCUT2D eigenvalue weighted by Crippen LogP contribution is -2.55. The first-order chi connectivity index (χ1) is 14.3. The fraction of sp³-hybridized carbons (Fsp3) is 0.609. The second kappa shape index (κ2) is 7.93. The largest absolute Gasteiger partial charge is 0.368 e. The van der Waals surface area contributed by atoms with Crippen molar-refractivity contribution in [3.63, 3.8) is 0 Å². The van der Waals surface area contributed by atoms with E-state index >= 15 is 0 Å². The van der Waals surface area contributed by atoms with Crippen molar-refractivity contribution >= 4 is 23.5 Å². The SMILES string of the molecule is Cc1cccc(N2CCN(C(=O)CN3C(=O)N[C@@]4(CCCC[C@H]4C)C3=O)CC2)c1C. The van der Waals surface area contributed by atoms with Crippen LogP contribution in [0.25, 0.3) is 0 Å².